The van der Waals surface area contributed by atoms with Crippen molar-refractivity contribution in [1.29, 1.82) is 0 Å². The summed E-state index contributed by atoms with van der Waals surface area (Å²) in [5, 5.41) is 22.1. The summed E-state index contributed by atoms with van der Waals surface area (Å²) in [7, 11) is 0. The number of allylic oxidation sites excluding steroid dienone is 1. The van der Waals surface area contributed by atoms with Crippen molar-refractivity contribution in [3.63, 3.8) is 0 Å². The van der Waals surface area contributed by atoms with Gasteiger partial charge in [-0.3, -0.25) is 19.2 Å². The summed E-state index contributed by atoms with van der Waals surface area (Å²) in [5.41, 5.74) is 1.00. The van der Waals surface area contributed by atoms with Crippen molar-refractivity contribution in [2.24, 2.45) is 56.2 Å². The summed E-state index contributed by atoms with van der Waals surface area (Å²) >= 11 is 0. The number of Topliss-reactive ketones (excluding diaryl/α,β-unsaturated/α-hetero) is 1. The van der Waals surface area contributed by atoms with Gasteiger partial charge in [0, 0.05) is 36.8 Å². The zero-order chi connectivity index (χ0) is 40.5. The Kier molecular flexibility index (Phi) is 10.9. The molecule has 4 saturated carbocycles. The summed E-state index contributed by atoms with van der Waals surface area (Å²) in [6.45, 7) is 22.0. The number of ketones is 1. The van der Waals surface area contributed by atoms with Crippen molar-refractivity contribution >= 4 is 23.6 Å². The number of carboxylic acid groups (broad SMARTS) is 1. The summed E-state index contributed by atoms with van der Waals surface area (Å²) in [5.74, 6) is -0.237. The minimum atomic E-state index is -1.18. The maximum atomic E-state index is 14.2. The van der Waals surface area contributed by atoms with Gasteiger partial charge in [0.05, 0.1) is 17.9 Å². The Labute approximate surface area is 330 Å². The van der Waals surface area contributed by atoms with Crippen LogP contribution in [0.2, 0.25) is 0 Å². The number of benzene rings is 1. The lowest BCUT2D eigenvalue weighted by molar-refractivity contribution is -0.235. The first kappa shape index (κ1) is 41.6. The number of esters is 1. The lowest BCUT2D eigenvalue weighted by Gasteiger charge is -2.72. The van der Waals surface area contributed by atoms with E-state index in [0.717, 1.165) is 62.5 Å². The quantitative estimate of drug-likeness (QED) is 0.216. The zero-order valence-corrected chi connectivity index (χ0v) is 35.4. The summed E-state index contributed by atoms with van der Waals surface area (Å²) in [6, 6.07) is 9.96. The Balaban J connectivity index is 1.30. The van der Waals surface area contributed by atoms with Gasteiger partial charge in [0.15, 0.2) is 5.78 Å². The van der Waals surface area contributed by atoms with Gasteiger partial charge < -0.3 is 19.8 Å². The molecule has 2 N–H and O–H groups in total. The molecule has 0 aromatic heterocycles. The van der Waals surface area contributed by atoms with Crippen LogP contribution in [0, 0.1) is 56.2 Å². The van der Waals surface area contributed by atoms with Gasteiger partial charge >= 0.3 is 11.9 Å². The van der Waals surface area contributed by atoms with E-state index in [2.05, 4.69) is 48.5 Å². The predicted molar refractivity (Wildman–Crippen MR) is 213 cm³/mol. The third kappa shape index (κ3) is 6.62. The highest BCUT2D eigenvalue weighted by Gasteiger charge is 2.71. The molecule has 0 heterocycles. The predicted octanol–water partition coefficient (Wildman–Crippen LogP) is 9.18. The number of nitrogens with zero attached hydrogens (tertiary/aromatic N) is 1. The number of carbonyl (C=O) groups excluding carboxylic acids is 3. The van der Waals surface area contributed by atoms with Crippen molar-refractivity contribution in [3.05, 3.63) is 47.0 Å². The van der Waals surface area contributed by atoms with Crippen molar-refractivity contribution in [2.75, 3.05) is 6.54 Å². The molecule has 55 heavy (non-hydrogen) atoms. The first-order valence-corrected chi connectivity index (χ1v) is 21.3. The van der Waals surface area contributed by atoms with E-state index in [1.807, 2.05) is 37.3 Å². The zero-order valence-electron chi connectivity index (χ0n) is 35.4. The van der Waals surface area contributed by atoms with Gasteiger partial charge in [-0.1, -0.05) is 91.3 Å². The average molecular weight is 760 g/mol. The number of fused-ring (bicyclic) bond motifs is 7. The molecule has 4 fully saturated rings. The molecule has 0 bridgehead atoms. The molecule has 8 nitrogen and oxygen atoms in total. The number of carbonyl (C=O) groups is 4. The molecule has 9 atom stereocenters. The Morgan fingerprint density at radius 3 is 2.20 bits per heavy atom. The second-order valence-electron chi connectivity index (χ2n) is 20.7. The van der Waals surface area contributed by atoms with Crippen LogP contribution in [0.5, 0.6) is 0 Å². The van der Waals surface area contributed by atoms with Gasteiger partial charge in [-0.15, -0.1) is 0 Å². The number of aliphatic hydroxyl groups is 1. The van der Waals surface area contributed by atoms with Crippen LogP contribution in [-0.4, -0.2) is 57.5 Å². The molecule has 1 amide bonds. The van der Waals surface area contributed by atoms with Crippen LogP contribution in [0.3, 0.4) is 0 Å². The fraction of sp³-hybridized carbons (Fsp3) is 0.745. The molecule has 304 valence electrons. The first-order chi connectivity index (χ1) is 25.6. The van der Waals surface area contributed by atoms with E-state index in [0.29, 0.717) is 31.2 Å². The Morgan fingerprint density at radius 2 is 1.58 bits per heavy atom. The number of hydrogen-bond acceptors (Lipinski definition) is 6. The number of amides is 1. The third-order valence-corrected chi connectivity index (χ3v) is 16.8. The molecule has 0 radical (unpaired) electrons. The van der Waals surface area contributed by atoms with Crippen LogP contribution in [0.25, 0.3) is 0 Å². The van der Waals surface area contributed by atoms with Crippen LogP contribution < -0.4 is 0 Å². The Morgan fingerprint density at radius 1 is 0.909 bits per heavy atom. The number of aliphatic carboxylic acids is 1. The number of aliphatic hydroxyl groups excluding tert-OH is 1. The standard InChI is InChI=1S/C47H69NO7/c1-11-37(51)48(27-30-15-13-12-14-16-30)28-35(50)47-24-23-45(9)31(40(47)39(29(2)3)32(49)25-47)17-18-34-44(8)21-20-36(55-38(52)26-42(4,5)41(53)54)43(6,7)33(44)19-22-46(34,45)10/h12-16,29,31,33-36,50H,11,17-28H2,1-10H3,(H,53,54)/t31-,33+,34-,35+,36+,44+,45-,46-,47+/m1/s1. The van der Waals surface area contributed by atoms with Crippen LogP contribution in [0.4, 0.5) is 0 Å². The maximum absolute atomic E-state index is 14.2. The molecule has 1 aromatic carbocycles. The molecule has 0 spiro atoms. The molecular weight excluding hydrogens is 691 g/mol. The van der Waals surface area contributed by atoms with Crippen LogP contribution in [0.1, 0.15) is 145 Å². The number of carboxylic acids is 1. The molecule has 0 unspecified atom stereocenters. The average Bonchev–Trinajstić information content (AvgIpc) is 3.42. The van der Waals surface area contributed by atoms with E-state index >= 15 is 0 Å². The highest BCUT2D eigenvalue weighted by molar-refractivity contribution is 6.00. The summed E-state index contributed by atoms with van der Waals surface area (Å²) in [6.07, 6.45) is 6.86. The fourth-order valence-electron chi connectivity index (χ4n) is 13.6. The van der Waals surface area contributed by atoms with Gasteiger partial charge in [0.1, 0.15) is 6.10 Å². The number of ether oxygens (including phenoxy) is 1. The molecule has 5 aliphatic carbocycles. The van der Waals surface area contributed by atoms with Crippen molar-refractivity contribution < 1.29 is 34.1 Å². The van der Waals surface area contributed by atoms with Gasteiger partial charge in [-0.2, -0.15) is 0 Å². The molecule has 0 saturated heterocycles. The second-order valence-corrected chi connectivity index (χ2v) is 20.7. The lowest BCUT2D eigenvalue weighted by Crippen LogP contribution is -2.66. The first-order valence-electron chi connectivity index (χ1n) is 21.3. The largest absolute Gasteiger partial charge is 0.481 e. The van der Waals surface area contributed by atoms with Crippen molar-refractivity contribution in [2.45, 2.75) is 159 Å². The fourth-order valence-corrected chi connectivity index (χ4v) is 13.6. The van der Waals surface area contributed by atoms with Gasteiger partial charge in [-0.25, -0.2) is 0 Å². The topological polar surface area (TPSA) is 121 Å². The summed E-state index contributed by atoms with van der Waals surface area (Å²) < 4.78 is 6.17. The second kappa shape index (κ2) is 14.4. The summed E-state index contributed by atoms with van der Waals surface area (Å²) in [4.78, 5) is 54.3. The minimum Gasteiger partial charge on any atom is -0.481 e. The highest BCUT2D eigenvalue weighted by Crippen LogP contribution is 2.77. The molecular formula is C47H69NO7. The van der Waals surface area contributed by atoms with Gasteiger partial charge in [0.2, 0.25) is 5.91 Å². The Bertz CT molecular complexity index is 1710. The monoisotopic (exact) mass is 760 g/mol. The van der Waals surface area contributed by atoms with Gasteiger partial charge in [0.25, 0.3) is 0 Å². The van der Waals surface area contributed by atoms with E-state index in [1.54, 1.807) is 18.7 Å². The maximum Gasteiger partial charge on any atom is 0.309 e. The molecule has 5 aliphatic rings. The van der Waals surface area contributed by atoms with E-state index in [4.69, 9.17) is 4.74 Å². The van der Waals surface area contributed by atoms with E-state index in [-0.39, 0.29) is 64.3 Å². The van der Waals surface area contributed by atoms with E-state index in [1.165, 1.54) is 5.57 Å². The number of rotatable bonds is 11. The third-order valence-electron chi connectivity index (χ3n) is 16.8. The molecule has 0 aliphatic heterocycles. The Hall–Kier alpha value is -3.00. The van der Waals surface area contributed by atoms with Crippen LogP contribution >= 0.6 is 0 Å². The smallest absolute Gasteiger partial charge is 0.309 e. The minimum absolute atomic E-state index is 0.00162. The molecule has 8 heteroatoms. The number of hydrogen-bond donors (Lipinski definition) is 2. The van der Waals surface area contributed by atoms with Crippen LogP contribution in [0.15, 0.2) is 41.5 Å². The SMILES string of the molecule is CCC(=O)N(Cc1ccccc1)C[C@H](O)[C@@]12CC[C@]3(C)[C@H](CC[C@@H]4[C@@]5(C)CC[C@H](OC(=O)CC(C)(C)C(=O)O)C(C)(C)[C@@H]5CC[C@]43C)C1=C(C(C)C)C(=O)C2. The normalized spacial score (nSPS) is 36.0. The van der Waals surface area contributed by atoms with Crippen molar-refractivity contribution in [3.8, 4) is 0 Å². The molecule has 6 rings (SSSR count). The van der Waals surface area contributed by atoms with Gasteiger partial charge in [-0.05, 0) is 116 Å². The van der Waals surface area contributed by atoms with E-state index < -0.39 is 28.9 Å². The van der Waals surface area contributed by atoms with Crippen LogP contribution in [-0.2, 0) is 30.5 Å². The molecule has 1 aromatic rings. The highest BCUT2D eigenvalue weighted by atomic mass is 16.5. The van der Waals surface area contributed by atoms with E-state index in [9.17, 15) is 29.4 Å². The lowest BCUT2D eigenvalue weighted by atomic mass is 9.33. The van der Waals surface area contributed by atoms with Crippen molar-refractivity contribution in [1.82, 2.24) is 4.90 Å².